The summed E-state index contributed by atoms with van der Waals surface area (Å²) >= 11 is 0. The number of benzene rings is 4. The van der Waals surface area contributed by atoms with E-state index in [0.717, 1.165) is 11.1 Å². The Morgan fingerprint density at radius 3 is 2.45 bits per heavy atom. The number of hydrogen-bond donors (Lipinski definition) is 4. The Labute approximate surface area is 270 Å². The van der Waals surface area contributed by atoms with Gasteiger partial charge >= 0.3 is 11.9 Å². The van der Waals surface area contributed by atoms with Gasteiger partial charge in [0.2, 0.25) is 0 Å². The van der Waals surface area contributed by atoms with Crippen LogP contribution >= 0.6 is 0 Å². The summed E-state index contributed by atoms with van der Waals surface area (Å²) in [6, 6.07) is 25.3. The smallest absolute Gasteiger partial charge is 0.346 e. The van der Waals surface area contributed by atoms with Gasteiger partial charge in [-0.15, -0.1) is 0 Å². The third-order valence-corrected chi connectivity index (χ3v) is 8.19. The van der Waals surface area contributed by atoms with Gasteiger partial charge in [-0.3, -0.25) is 4.79 Å². The maximum Gasteiger partial charge on any atom is 0.346 e. The molecule has 0 saturated carbocycles. The molecule has 0 radical (unpaired) electrons. The first kappa shape index (κ1) is 32.0. The number of cyclic esters (lactones) is 2. The predicted octanol–water partition coefficient (Wildman–Crippen LogP) is 4.66. The van der Waals surface area contributed by atoms with Crippen LogP contribution in [0.25, 0.3) is 0 Å². The average Bonchev–Trinajstić information content (AvgIpc) is 3.36. The van der Waals surface area contributed by atoms with Crippen molar-refractivity contribution in [3.63, 3.8) is 0 Å². The van der Waals surface area contributed by atoms with Crippen LogP contribution in [-0.4, -0.2) is 64.3 Å². The zero-order chi connectivity index (χ0) is 33.1. The fourth-order valence-electron chi connectivity index (χ4n) is 5.78. The van der Waals surface area contributed by atoms with Gasteiger partial charge in [-0.05, 0) is 66.2 Å². The summed E-state index contributed by atoms with van der Waals surface area (Å²) in [5, 5.41) is 33.0. The number of nitrogens with zero attached hydrogens (tertiary/aromatic N) is 1. The third kappa shape index (κ3) is 7.40. The van der Waals surface area contributed by atoms with Gasteiger partial charge in [0.1, 0.15) is 5.75 Å². The maximum atomic E-state index is 13.1. The predicted molar refractivity (Wildman–Crippen MR) is 170 cm³/mol. The van der Waals surface area contributed by atoms with Crippen molar-refractivity contribution in [3.8, 4) is 5.75 Å². The van der Waals surface area contributed by atoms with Gasteiger partial charge in [-0.25, -0.2) is 9.59 Å². The van der Waals surface area contributed by atoms with Crippen LogP contribution in [0.15, 0.2) is 91.0 Å². The molecule has 1 unspecified atom stereocenters. The van der Waals surface area contributed by atoms with E-state index in [4.69, 9.17) is 9.47 Å². The first-order valence-electron chi connectivity index (χ1n) is 15.1. The molecule has 0 spiro atoms. The Morgan fingerprint density at radius 2 is 1.68 bits per heavy atom. The molecule has 4 atom stereocenters. The number of phenolic OH excluding ortho intramolecular Hbond substituents is 1. The Morgan fingerprint density at radius 1 is 0.915 bits per heavy atom. The Balaban J connectivity index is 1.19. The lowest BCUT2D eigenvalue weighted by Crippen LogP contribution is -2.39. The van der Waals surface area contributed by atoms with Crippen molar-refractivity contribution in [2.45, 2.75) is 37.6 Å². The normalized spacial score (nSPS) is 19.7. The van der Waals surface area contributed by atoms with E-state index >= 15 is 0 Å². The molecule has 2 aliphatic heterocycles. The van der Waals surface area contributed by atoms with Crippen molar-refractivity contribution >= 4 is 23.5 Å². The van der Waals surface area contributed by atoms with E-state index in [-0.39, 0.29) is 41.3 Å². The van der Waals surface area contributed by atoms with Crippen LogP contribution in [0.5, 0.6) is 5.75 Å². The Kier molecular flexibility index (Phi) is 9.43. The van der Waals surface area contributed by atoms with Crippen LogP contribution in [0.4, 0.5) is 5.69 Å². The third-order valence-electron chi connectivity index (χ3n) is 8.19. The van der Waals surface area contributed by atoms with Gasteiger partial charge in [0, 0.05) is 36.3 Å². The highest BCUT2D eigenvalue weighted by Gasteiger charge is 2.34. The average molecular weight is 639 g/mol. The Hall–Kier alpha value is -4.91. The number of nitrogens with one attached hydrogen (secondary N) is 1. The number of carbonyl (C=O) groups is 3. The topological polar surface area (TPSA) is 155 Å². The highest BCUT2D eigenvalue weighted by atomic mass is 16.7. The molecule has 1 amide bonds. The molecule has 4 aromatic carbocycles. The molecule has 11 nitrogen and oxygen atoms in total. The molecular weight excluding hydrogens is 604 g/mol. The van der Waals surface area contributed by atoms with Gasteiger partial charge in [-0.2, -0.15) is 0 Å². The lowest BCUT2D eigenvalue weighted by molar-refractivity contribution is -0.252. The molecular formula is C36H34N2O9. The molecule has 242 valence electrons. The summed E-state index contributed by atoms with van der Waals surface area (Å²) in [7, 11) is 1.88. The van der Waals surface area contributed by atoms with Gasteiger partial charge in [-0.1, -0.05) is 48.5 Å². The molecule has 0 bridgehead atoms. The summed E-state index contributed by atoms with van der Waals surface area (Å²) in [5.74, 6) is -1.92. The number of phenols is 1. The molecule has 4 N–H and O–H groups in total. The van der Waals surface area contributed by atoms with Crippen molar-refractivity contribution in [3.05, 3.63) is 130 Å². The molecule has 1 saturated heterocycles. The summed E-state index contributed by atoms with van der Waals surface area (Å²) in [6.07, 6.45) is -1.73. The van der Waals surface area contributed by atoms with Gasteiger partial charge in [0.25, 0.3) is 5.91 Å². The largest absolute Gasteiger partial charge is 0.508 e. The number of aliphatic hydroxyl groups is 2. The fourth-order valence-corrected chi connectivity index (χ4v) is 5.78. The quantitative estimate of drug-likeness (QED) is 0.142. The number of anilines is 1. The van der Waals surface area contributed by atoms with E-state index in [1.165, 1.54) is 24.3 Å². The minimum Gasteiger partial charge on any atom is -0.508 e. The Bertz CT molecular complexity index is 1790. The maximum absolute atomic E-state index is 13.1. The first-order valence-corrected chi connectivity index (χ1v) is 15.1. The van der Waals surface area contributed by atoms with E-state index < -0.39 is 30.2 Å². The molecule has 11 heteroatoms. The number of aromatic hydroxyl groups is 1. The highest BCUT2D eigenvalue weighted by Crippen LogP contribution is 2.39. The number of amides is 1. The van der Waals surface area contributed by atoms with E-state index in [1.54, 1.807) is 36.4 Å². The minimum absolute atomic E-state index is 0.0453. The molecule has 0 aromatic heterocycles. The zero-order valence-electron chi connectivity index (χ0n) is 25.5. The van der Waals surface area contributed by atoms with Crippen LogP contribution in [0, 0.1) is 0 Å². The zero-order valence-corrected chi connectivity index (χ0v) is 25.5. The molecule has 2 aliphatic rings. The molecule has 1 fully saturated rings. The van der Waals surface area contributed by atoms with Crippen LogP contribution in [-0.2, 0) is 20.8 Å². The summed E-state index contributed by atoms with van der Waals surface area (Å²) in [6.45, 7) is 0.708. The standard InChI is InChI=1S/C36H34N2O9/c1-38(19-31(41)23-4-3-7-27(40)15-23)18-28-17-32(22-10-8-21(20-39)9-11-22)46-36(45-28)25-5-2-6-26(14-25)37-33(42)24-12-13-29-30(16-24)35(44)47-34(29)43/h2-16,28,31-32,36,39-41H,17-20H2,1H3,(H,37,42)/t28-,31+,32+,36?/m0/s1. The lowest BCUT2D eigenvalue weighted by Gasteiger charge is -2.38. The number of aliphatic hydroxyl groups excluding tert-OH is 2. The van der Waals surface area contributed by atoms with E-state index in [9.17, 15) is 29.7 Å². The van der Waals surface area contributed by atoms with Gasteiger partial charge < -0.3 is 39.7 Å². The monoisotopic (exact) mass is 638 g/mol. The summed E-state index contributed by atoms with van der Waals surface area (Å²) in [5.41, 5.74) is 3.79. The van der Waals surface area contributed by atoms with Crippen LogP contribution in [0.2, 0.25) is 0 Å². The van der Waals surface area contributed by atoms with E-state index in [1.807, 2.05) is 42.3 Å². The number of fused-ring (bicyclic) bond motifs is 1. The summed E-state index contributed by atoms with van der Waals surface area (Å²) < 4.78 is 17.5. The van der Waals surface area contributed by atoms with Crippen LogP contribution < -0.4 is 5.32 Å². The van der Waals surface area contributed by atoms with Gasteiger partial charge in [0.05, 0.1) is 36.0 Å². The highest BCUT2D eigenvalue weighted by molar-refractivity contribution is 6.16. The lowest BCUT2D eigenvalue weighted by atomic mass is 9.99. The number of esters is 2. The van der Waals surface area contributed by atoms with Crippen LogP contribution in [0.3, 0.4) is 0 Å². The van der Waals surface area contributed by atoms with Crippen molar-refractivity contribution in [2.24, 2.45) is 0 Å². The molecule has 4 aromatic rings. The number of ether oxygens (including phenoxy) is 3. The van der Waals surface area contributed by atoms with E-state index in [2.05, 4.69) is 10.1 Å². The number of rotatable bonds is 10. The van der Waals surface area contributed by atoms with Gasteiger partial charge in [0.15, 0.2) is 6.29 Å². The minimum atomic E-state index is -0.818. The SMILES string of the molecule is CN(C[C@@H]1C[C@H](c2ccc(CO)cc2)OC(c2cccc(NC(=O)c3ccc4c(c3)C(=O)OC4=O)c2)O1)C[C@@H](O)c1cccc(O)c1. The van der Waals surface area contributed by atoms with Crippen molar-refractivity contribution in [1.29, 1.82) is 0 Å². The van der Waals surface area contributed by atoms with Crippen molar-refractivity contribution < 1.29 is 43.9 Å². The van der Waals surface area contributed by atoms with Crippen molar-refractivity contribution in [2.75, 3.05) is 25.5 Å². The molecule has 2 heterocycles. The number of hydrogen-bond acceptors (Lipinski definition) is 10. The first-order chi connectivity index (χ1) is 22.7. The second-order valence-electron chi connectivity index (χ2n) is 11.7. The second-order valence-corrected chi connectivity index (χ2v) is 11.7. The molecule has 6 rings (SSSR count). The fraction of sp³-hybridized carbons (Fsp3) is 0.250. The number of carbonyl (C=O) groups excluding carboxylic acids is 3. The van der Waals surface area contributed by atoms with Crippen molar-refractivity contribution in [1.82, 2.24) is 4.90 Å². The molecule has 47 heavy (non-hydrogen) atoms. The second kappa shape index (κ2) is 13.8. The summed E-state index contributed by atoms with van der Waals surface area (Å²) in [4.78, 5) is 38.8. The molecule has 0 aliphatic carbocycles. The van der Waals surface area contributed by atoms with E-state index in [0.29, 0.717) is 36.3 Å². The van der Waals surface area contributed by atoms with Crippen LogP contribution in [0.1, 0.15) is 78.2 Å². The number of likely N-dealkylation sites (N-methyl/N-ethyl adjacent to an activating group) is 1.